The largest absolute Gasteiger partial charge is 0.406 e. The lowest BCUT2D eigenvalue weighted by Crippen LogP contribution is -2.39. The number of anilines is 1. The summed E-state index contributed by atoms with van der Waals surface area (Å²) in [6.45, 7) is 2.34. The zero-order valence-electron chi connectivity index (χ0n) is 11.5. The number of halogens is 3. The lowest BCUT2D eigenvalue weighted by molar-refractivity contribution is -0.140. The van der Waals surface area contributed by atoms with Gasteiger partial charge in [0.25, 0.3) is 5.91 Å². The molecule has 0 aromatic carbocycles. The van der Waals surface area contributed by atoms with Gasteiger partial charge in [-0.05, 0) is 12.8 Å². The van der Waals surface area contributed by atoms with Crippen LogP contribution in [-0.4, -0.2) is 40.3 Å². The number of hydrogen-bond donors (Lipinski definition) is 2. The Morgan fingerprint density at radius 3 is 2.50 bits per heavy atom. The second-order valence-electron chi connectivity index (χ2n) is 4.56. The summed E-state index contributed by atoms with van der Waals surface area (Å²) in [6.07, 6.45) is -2.63. The molecule has 0 fully saturated rings. The fourth-order valence-corrected chi connectivity index (χ4v) is 1.88. The molecule has 0 spiro atoms. The van der Waals surface area contributed by atoms with E-state index in [1.54, 1.807) is 6.92 Å². The quantitative estimate of drug-likeness (QED) is 0.845. The van der Waals surface area contributed by atoms with Gasteiger partial charge >= 0.3 is 6.18 Å². The number of rotatable bonds is 6. The second kappa shape index (κ2) is 6.62. The van der Waals surface area contributed by atoms with E-state index in [1.807, 2.05) is 6.92 Å². The molecule has 0 saturated carbocycles. The van der Waals surface area contributed by atoms with E-state index >= 15 is 0 Å². The van der Waals surface area contributed by atoms with E-state index < -0.39 is 18.6 Å². The van der Waals surface area contributed by atoms with Crippen LogP contribution in [0.15, 0.2) is 0 Å². The van der Waals surface area contributed by atoms with Crippen LogP contribution in [0.2, 0.25) is 0 Å². The fourth-order valence-electron chi connectivity index (χ4n) is 1.88. The molecule has 1 amide bonds. The molecule has 8 heteroatoms. The van der Waals surface area contributed by atoms with Gasteiger partial charge in [0.15, 0.2) is 5.69 Å². The minimum Gasteiger partial charge on any atom is -0.395 e. The van der Waals surface area contributed by atoms with Gasteiger partial charge in [-0.15, -0.1) is 0 Å². The first kappa shape index (κ1) is 16.3. The number of aryl methyl sites for hydroxylation is 1. The van der Waals surface area contributed by atoms with E-state index in [-0.39, 0.29) is 17.9 Å². The highest BCUT2D eigenvalue weighted by Gasteiger charge is 2.34. The van der Waals surface area contributed by atoms with E-state index in [0.29, 0.717) is 18.5 Å². The summed E-state index contributed by atoms with van der Waals surface area (Å²) in [5, 5.41) is 6.37. The van der Waals surface area contributed by atoms with Gasteiger partial charge in [-0.25, -0.2) is 0 Å². The van der Waals surface area contributed by atoms with Gasteiger partial charge in [0.1, 0.15) is 6.54 Å². The highest BCUT2D eigenvalue weighted by atomic mass is 19.4. The Balaban J connectivity index is 2.94. The molecule has 0 aliphatic heterocycles. The molecular formula is C12H19F3N4O. The maximum absolute atomic E-state index is 12.5. The van der Waals surface area contributed by atoms with Gasteiger partial charge in [0, 0.05) is 6.54 Å². The maximum Gasteiger partial charge on any atom is 0.406 e. The molecule has 0 atom stereocenters. The number of nitrogens with two attached hydrogens (primary N) is 1. The molecule has 3 N–H and O–H groups in total. The van der Waals surface area contributed by atoms with Crippen molar-refractivity contribution in [2.24, 2.45) is 0 Å². The number of carbonyl (C=O) groups is 1. The Bertz CT molecular complexity index is 456. The zero-order valence-corrected chi connectivity index (χ0v) is 11.5. The second-order valence-corrected chi connectivity index (χ2v) is 4.56. The van der Waals surface area contributed by atoms with Crippen molar-refractivity contribution in [1.82, 2.24) is 15.1 Å². The summed E-state index contributed by atoms with van der Waals surface area (Å²) in [6, 6.07) is 0. The number of nitrogens with one attached hydrogen (secondary N) is 1. The monoisotopic (exact) mass is 292 g/mol. The predicted molar refractivity (Wildman–Crippen MR) is 69.2 cm³/mol. The first-order chi connectivity index (χ1) is 9.30. The molecule has 1 heterocycles. The average Bonchev–Trinajstić information content (AvgIpc) is 2.69. The average molecular weight is 292 g/mol. The molecule has 1 aromatic heterocycles. The van der Waals surface area contributed by atoms with Crippen LogP contribution in [0.25, 0.3) is 0 Å². The Kier molecular flexibility index (Phi) is 5.41. The summed E-state index contributed by atoms with van der Waals surface area (Å²) in [7, 11) is 0. The van der Waals surface area contributed by atoms with Crippen LogP contribution in [0.3, 0.4) is 0 Å². The van der Waals surface area contributed by atoms with Crippen molar-refractivity contribution in [3.05, 3.63) is 11.4 Å². The number of hydrogen-bond acceptors (Lipinski definition) is 3. The number of carbonyl (C=O) groups excluding carboxylic acids is 1. The van der Waals surface area contributed by atoms with Gasteiger partial charge in [-0.2, -0.15) is 18.3 Å². The normalized spacial score (nSPS) is 11.7. The molecule has 0 bridgehead atoms. The molecule has 0 aliphatic carbocycles. The standard InChI is InChI=1S/C12H19F3N4O/c1-3-5-8-9(16)10(18-17-8)11(20)19(6-4-2)7-12(13,14)15/h3-7,16H2,1-2H3,(H,17,18). The third kappa shape index (κ3) is 4.14. The topological polar surface area (TPSA) is 75.0 Å². The van der Waals surface area contributed by atoms with Crippen LogP contribution in [0.4, 0.5) is 18.9 Å². The Morgan fingerprint density at radius 2 is 2.00 bits per heavy atom. The van der Waals surface area contributed by atoms with Crippen LogP contribution < -0.4 is 5.73 Å². The van der Waals surface area contributed by atoms with Crippen molar-refractivity contribution in [3.8, 4) is 0 Å². The molecule has 20 heavy (non-hydrogen) atoms. The number of nitrogen functional groups attached to an aromatic ring is 1. The molecule has 0 unspecified atom stereocenters. The summed E-state index contributed by atoms with van der Waals surface area (Å²) in [5.41, 5.74) is 6.35. The number of aromatic nitrogens is 2. The third-order valence-corrected chi connectivity index (χ3v) is 2.74. The van der Waals surface area contributed by atoms with E-state index in [2.05, 4.69) is 10.2 Å². The first-order valence-corrected chi connectivity index (χ1v) is 6.48. The van der Waals surface area contributed by atoms with E-state index in [1.165, 1.54) is 0 Å². The molecule has 114 valence electrons. The number of H-pyrrole nitrogens is 1. The Labute approximate surface area is 115 Å². The summed E-state index contributed by atoms with van der Waals surface area (Å²) >= 11 is 0. The number of aromatic amines is 1. The highest BCUT2D eigenvalue weighted by Crippen LogP contribution is 2.21. The van der Waals surface area contributed by atoms with Crippen LogP contribution in [0, 0.1) is 0 Å². The molecule has 0 saturated heterocycles. The van der Waals surface area contributed by atoms with Gasteiger partial charge in [0.2, 0.25) is 0 Å². The van der Waals surface area contributed by atoms with E-state index in [9.17, 15) is 18.0 Å². The van der Waals surface area contributed by atoms with Crippen LogP contribution in [0.1, 0.15) is 42.9 Å². The predicted octanol–water partition coefficient (Wildman–Crippen LogP) is 2.36. The molecule has 5 nitrogen and oxygen atoms in total. The lowest BCUT2D eigenvalue weighted by atomic mass is 10.2. The summed E-state index contributed by atoms with van der Waals surface area (Å²) < 4.78 is 37.4. The molecular weight excluding hydrogens is 273 g/mol. The van der Waals surface area contributed by atoms with Crippen LogP contribution in [-0.2, 0) is 6.42 Å². The highest BCUT2D eigenvalue weighted by molar-refractivity contribution is 5.97. The Hall–Kier alpha value is -1.73. The van der Waals surface area contributed by atoms with E-state index in [0.717, 1.165) is 11.3 Å². The van der Waals surface area contributed by atoms with Crippen molar-refractivity contribution >= 4 is 11.6 Å². The van der Waals surface area contributed by atoms with Gasteiger partial charge in [-0.3, -0.25) is 9.89 Å². The minimum atomic E-state index is -4.44. The van der Waals surface area contributed by atoms with Crippen molar-refractivity contribution in [1.29, 1.82) is 0 Å². The van der Waals surface area contributed by atoms with Crippen molar-refractivity contribution < 1.29 is 18.0 Å². The smallest absolute Gasteiger partial charge is 0.395 e. The number of nitrogens with zero attached hydrogens (tertiary/aromatic N) is 2. The molecule has 0 aliphatic rings. The first-order valence-electron chi connectivity index (χ1n) is 6.48. The number of alkyl halides is 3. The van der Waals surface area contributed by atoms with Crippen molar-refractivity contribution in [2.45, 2.75) is 39.3 Å². The zero-order chi connectivity index (χ0) is 15.3. The third-order valence-electron chi connectivity index (χ3n) is 2.74. The minimum absolute atomic E-state index is 0.00769. The number of amides is 1. The summed E-state index contributed by atoms with van der Waals surface area (Å²) in [5.74, 6) is -0.791. The molecule has 1 rings (SSSR count). The van der Waals surface area contributed by atoms with Crippen LogP contribution in [0.5, 0.6) is 0 Å². The van der Waals surface area contributed by atoms with Gasteiger partial charge in [-0.1, -0.05) is 20.3 Å². The lowest BCUT2D eigenvalue weighted by Gasteiger charge is -2.22. The molecule has 0 radical (unpaired) electrons. The van der Waals surface area contributed by atoms with Crippen LogP contribution >= 0.6 is 0 Å². The van der Waals surface area contributed by atoms with E-state index in [4.69, 9.17) is 5.73 Å². The fraction of sp³-hybridized carbons (Fsp3) is 0.667. The molecule has 1 aromatic rings. The maximum atomic E-state index is 12.5. The van der Waals surface area contributed by atoms with Crippen molar-refractivity contribution in [3.63, 3.8) is 0 Å². The van der Waals surface area contributed by atoms with Gasteiger partial charge < -0.3 is 10.6 Å². The van der Waals surface area contributed by atoms with Gasteiger partial charge in [0.05, 0.1) is 11.4 Å². The SMILES string of the molecule is CCCc1[nH]nc(C(=O)N(CCC)CC(F)(F)F)c1N. The Morgan fingerprint density at radius 1 is 1.35 bits per heavy atom. The summed E-state index contributed by atoms with van der Waals surface area (Å²) in [4.78, 5) is 12.8. The van der Waals surface area contributed by atoms with Crippen molar-refractivity contribution in [2.75, 3.05) is 18.8 Å².